The van der Waals surface area contributed by atoms with Crippen molar-refractivity contribution in [2.45, 2.75) is 19.9 Å². The molecule has 0 saturated heterocycles. The van der Waals surface area contributed by atoms with Crippen molar-refractivity contribution in [2.24, 2.45) is 0 Å². The highest BCUT2D eigenvalue weighted by atomic mass is 32.1. The maximum absolute atomic E-state index is 12.1. The van der Waals surface area contributed by atoms with E-state index in [1.54, 1.807) is 4.90 Å². The van der Waals surface area contributed by atoms with E-state index in [4.69, 9.17) is 4.74 Å². The summed E-state index contributed by atoms with van der Waals surface area (Å²) in [6.45, 7) is 2.29. The van der Waals surface area contributed by atoms with Crippen molar-refractivity contribution in [3.05, 3.63) is 28.2 Å². The summed E-state index contributed by atoms with van der Waals surface area (Å²) in [5.74, 6) is -2.87. The van der Waals surface area contributed by atoms with E-state index in [2.05, 4.69) is 5.32 Å². The standard InChI is InChI=1S/C15H16N2O6S/c1-8(18)17-6-5-9-10(7-17)24-14(13(9)15(22)23-2)16-11(19)3-4-12(20)21/h3-4H,5-7H2,1-2H3,(H,16,19)(H,20,21)/p-1/b4-3+. The summed E-state index contributed by atoms with van der Waals surface area (Å²) in [6.07, 6.45) is 1.87. The third-order valence-electron chi connectivity index (χ3n) is 3.50. The van der Waals surface area contributed by atoms with E-state index in [1.165, 1.54) is 25.4 Å². The lowest BCUT2D eigenvalue weighted by Gasteiger charge is -2.25. The van der Waals surface area contributed by atoms with Gasteiger partial charge in [-0.15, -0.1) is 11.3 Å². The van der Waals surface area contributed by atoms with Gasteiger partial charge in [0.15, 0.2) is 0 Å². The zero-order valence-electron chi connectivity index (χ0n) is 13.1. The molecule has 8 nitrogen and oxygen atoms in total. The lowest BCUT2D eigenvalue weighted by Crippen LogP contribution is -2.33. The smallest absolute Gasteiger partial charge is 0.341 e. The Morgan fingerprint density at radius 2 is 2.00 bits per heavy atom. The Bertz CT molecular complexity index is 737. The third kappa shape index (κ3) is 3.80. The molecule has 1 aromatic rings. The van der Waals surface area contributed by atoms with Crippen LogP contribution in [-0.4, -0.2) is 42.3 Å². The fraction of sp³-hybridized carbons (Fsp3) is 0.333. The number of nitrogens with zero attached hydrogens (tertiary/aromatic N) is 1. The van der Waals surface area contributed by atoms with E-state index >= 15 is 0 Å². The van der Waals surface area contributed by atoms with Crippen LogP contribution in [-0.2, 0) is 32.1 Å². The van der Waals surface area contributed by atoms with Crippen molar-refractivity contribution in [3.63, 3.8) is 0 Å². The molecule has 0 fully saturated rings. The zero-order valence-corrected chi connectivity index (χ0v) is 13.9. The summed E-state index contributed by atoms with van der Waals surface area (Å²) in [5, 5.41) is 13.1. The molecule has 128 valence electrons. The van der Waals surface area contributed by atoms with Gasteiger partial charge in [0, 0.05) is 24.4 Å². The average Bonchev–Trinajstić information content (AvgIpc) is 2.88. The molecule has 1 aromatic heterocycles. The Morgan fingerprint density at radius 1 is 1.29 bits per heavy atom. The number of carbonyl (C=O) groups is 4. The zero-order chi connectivity index (χ0) is 17.9. The van der Waals surface area contributed by atoms with Gasteiger partial charge in [-0.1, -0.05) is 0 Å². The Labute approximate surface area is 141 Å². The predicted octanol–water partition coefficient (Wildman–Crippen LogP) is -0.316. The fourth-order valence-corrected chi connectivity index (χ4v) is 3.63. The van der Waals surface area contributed by atoms with Gasteiger partial charge in [0.2, 0.25) is 11.8 Å². The summed E-state index contributed by atoms with van der Waals surface area (Å²) < 4.78 is 4.77. The van der Waals surface area contributed by atoms with Crippen molar-refractivity contribution < 1.29 is 29.0 Å². The summed E-state index contributed by atoms with van der Waals surface area (Å²) in [4.78, 5) is 48.1. The van der Waals surface area contributed by atoms with E-state index in [0.29, 0.717) is 25.6 Å². The molecule has 2 rings (SSSR count). The second-order valence-electron chi connectivity index (χ2n) is 5.03. The molecule has 2 heterocycles. The Hall–Kier alpha value is -2.68. The second kappa shape index (κ2) is 7.26. The number of amides is 2. The molecule has 9 heteroatoms. The number of esters is 1. The average molecular weight is 351 g/mol. The molecule has 0 radical (unpaired) electrons. The van der Waals surface area contributed by atoms with Gasteiger partial charge in [0.05, 0.1) is 25.2 Å². The molecule has 0 atom stereocenters. The Balaban J connectivity index is 2.34. The van der Waals surface area contributed by atoms with Gasteiger partial charge in [-0.2, -0.15) is 0 Å². The van der Waals surface area contributed by atoms with Gasteiger partial charge in [-0.3, -0.25) is 9.59 Å². The van der Waals surface area contributed by atoms with Crippen LogP contribution in [0, 0.1) is 0 Å². The molecular weight excluding hydrogens is 336 g/mol. The molecule has 0 saturated carbocycles. The molecule has 0 aliphatic carbocycles. The van der Waals surface area contributed by atoms with Crippen molar-refractivity contribution in [1.29, 1.82) is 0 Å². The monoisotopic (exact) mass is 351 g/mol. The van der Waals surface area contributed by atoms with Crippen LogP contribution in [0.15, 0.2) is 12.2 Å². The molecule has 0 spiro atoms. The number of methoxy groups -OCH3 is 1. The molecule has 0 bridgehead atoms. The van der Waals surface area contributed by atoms with E-state index in [1.807, 2.05) is 0 Å². The van der Waals surface area contributed by atoms with Crippen LogP contribution in [0.4, 0.5) is 5.00 Å². The quantitative estimate of drug-likeness (QED) is 0.587. The number of hydrogen-bond acceptors (Lipinski definition) is 7. The van der Waals surface area contributed by atoms with E-state index in [9.17, 15) is 24.3 Å². The molecular formula is C15H15N2O6S-. The number of nitrogens with one attached hydrogen (secondary N) is 1. The first-order chi connectivity index (χ1) is 11.3. The van der Waals surface area contributed by atoms with Gasteiger partial charge < -0.3 is 24.9 Å². The highest BCUT2D eigenvalue weighted by Crippen LogP contribution is 2.37. The minimum atomic E-state index is -1.50. The summed E-state index contributed by atoms with van der Waals surface area (Å²) >= 11 is 1.17. The van der Waals surface area contributed by atoms with Crippen molar-refractivity contribution in [2.75, 3.05) is 19.0 Å². The number of carboxylic acids is 1. The fourth-order valence-electron chi connectivity index (χ4n) is 2.38. The Morgan fingerprint density at radius 3 is 2.58 bits per heavy atom. The highest BCUT2D eigenvalue weighted by molar-refractivity contribution is 7.17. The van der Waals surface area contributed by atoms with Crippen LogP contribution >= 0.6 is 11.3 Å². The molecule has 24 heavy (non-hydrogen) atoms. The number of carboxylic acid groups (broad SMARTS) is 1. The molecule has 0 aromatic carbocycles. The number of fused-ring (bicyclic) bond motifs is 1. The minimum Gasteiger partial charge on any atom is -0.545 e. The van der Waals surface area contributed by atoms with Crippen LogP contribution in [0.2, 0.25) is 0 Å². The first-order valence-electron chi connectivity index (χ1n) is 7.02. The van der Waals surface area contributed by atoms with E-state index in [-0.39, 0.29) is 16.5 Å². The van der Waals surface area contributed by atoms with Crippen LogP contribution in [0.25, 0.3) is 0 Å². The lowest BCUT2D eigenvalue weighted by molar-refractivity contribution is -0.297. The maximum atomic E-state index is 12.1. The molecule has 1 aliphatic rings. The summed E-state index contributed by atoms with van der Waals surface area (Å²) in [7, 11) is 1.23. The first-order valence-corrected chi connectivity index (χ1v) is 7.83. The van der Waals surface area contributed by atoms with Gasteiger partial charge in [-0.05, 0) is 18.1 Å². The van der Waals surface area contributed by atoms with Crippen molar-refractivity contribution in [3.8, 4) is 0 Å². The minimum absolute atomic E-state index is 0.0730. The number of thiophene rings is 1. The predicted molar refractivity (Wildman–Crippen MR) is 83.2 cm³/mol. The largest absolute Gasteiger partial charge is 0.545 e. The van der Waals surface area contributed by atoms with Crippen molar-refractivity contribution >= 4 is 40.1 Å². The topological polar surface area (TPSA) is 116 Å². The van der Waals surface area contributed by atoms with Gasteiger partial charge in [0.1, 0.15) is 5.00 Å². The second-order valence-corrected chi connectivity index (χ2v) is 6.14. The summed E-state index contributed by atoms with van der Waals surface area (Å²) in [6, 6.07) is 0. The number of aliphatic carboxylic acids is 1. The van der Waals surface area contributed by atoms with Crippen molar-refractivity contribution in [1.82, 2.24) is 4.90 Å². The maximum Gasteiger partial charge on any atom is 0.341 e. The highest BCUT2D eigenvalue weighted by Gasteiger charge is 2.29. The summed E-state index contributed by atoms with van der Waals surface area (Å²) in [5.41, 5.74) is 0.986. The number of ether oxygens (including phenoxy) is 1. The van der Waals surface area contributed by atoms with Crippen LogP contribution in [0.3, 0.4) is 0 Å². The number of rotatable bonds is 4. The number of anilines is 1. The van der Waals surface area contributed by atoms with Crippen LogP contribution in [0.5, 0.6) is 0 Å². The van der Waals surface area contributed by atoms with Gasteiger partial charge >= 0.3 is 5.97 Å². The number of carbonyl (C=O) groups excluding carboxylic acids is 4. The normalized spacial score (nSPS) is 13.5. The van der Waals surface area contributed by atoms with Gasteiger partial charge in [0.25, 0.3) is 0 Å². The SMILES string of the molecule is COC(=O)c1c(NC(=O)/C=C/C(=O)[O-])sc2c1CCN(C(C)=O)C2. The van der Waals surface area contributed by atoms with Crippen LogP contribution in [0.1, 0.15) is 27.7 Å². The molecule has 1 N–H and O–H groups in total. The van der Waals surface area contributed by atoms with E-state index in [0.717, 1.165) is 16.5 Å². The first kappa shape index (κ1) is 17.7. The van der Waals surface area contributed by atoms with Gasteiger partial charge in [-0.25, -0.2) is 4.79 Å². The third-order valence-corrected chi connectivity index (χ3v) is 4.63. The number of hydrogen-bond donors (Lipinski definition) is 1. The molecule has 2 amide bonds. The molecule has 1 aliphatic heterocycles. The lowest BCUT2D eigenvalue weighted by atomic mass is 10.0. The van der Waals surface area contributed by atoms with Crippen LogP contribution < -0.4 is 10.4 Å². The van der Waals surface area contributed by atoms with E-state index < -0.39 is 17.8 Å². The Kier molecular flexibility index (Phi) is 5.35. The molecule has 0 unspecified atom stereocenters.